The van der Waals surface area contributed by atoms with Crippen LogP contribution in [0, 0.1) is 5.92 Å². The topological polar surface area (TPSA) is 73.0 Å². The fourth-order valence-electron chi connectivity index (χ4n) is 2.72. The lowest BCUT2D eigenvalue weighted by Crippen LogP contribution is -2.25. The summed E-state index contributed by atoms with van der Waals surface area (Å²) in [5.41, 5.74) is 2.20. The van der Waals surface area contributed by atoms with Crippen LogP contribution in [0.15, 0.2) is 15.2 Å². The fourth-order valence-corrected chi connectivity index (χ4v) is 3.18. The quantitative estimate of drug-likeness (QED) is 0.902. The molecule has 7 heteroatoms. The van der Waals surface area contributed by atoms with Gasteiger partial charge in [0.1, 0.15) is 5.76 Å². The monoisotopic (exact) mass is 366 g/mol. The third kappa shape index (κ3) is 2.95. The zero-order chi connectivity index (χ0) is 15.7. The van der Waals surface area contributed by atoms with Crippen LogP contribution in [0.4, 0.5) is 0 Å². The second-order valence-electron chi connectivity index (χ2n) is 5.74. The number of rotatable bonds is 4. The van der Waals surface area contributed by atoms with Gasteiger partial charge in [-0.3, -0.25) is 9.48 Å². The van der Waals surface area contributed by atoms with Crippen molar-refractivity contribution in [3.05, 3.63) is 33.4 Å². The lowest BCUT2D eigenvalue weighted by atomic mass is 9.88. The Bertz CT molecular complexity index is 692. The fraction of sp³-hybridized carbons (Fsp3) is 0.533. The van der Waals surface area contributed by atoms with Gasteiger partial charge in [-0.15, -0.1) is 0 Å². The van der Waals surface area contributed by atoms with E-state index in [2.05, 4.69) is 38.4 Å². The molecule has 0 aliphatic heterocycles. The SMILES string of the molecule is CCn1cc(Br)c(CNC(=O)c2noc3c2CC(C)CC3)n1. The first kappa shape index (κ1) is 15.3. The molecule has 22 heavy (non-hydrogen) atoms. The van der Waals surface area contributed by atoms with E-state index in [9.17, 15) is 4.79 Å². The maximum Gasteiger partial charge on any atom is 0.274 e. The Balaban J connectivity index is 1.70. The molecule has 0 aromatic carbocycles. The number of carbonyl (C=O) groups is 1. The molecule has 118 valence electrons. The summed E-state index contributed by atoms with van der Waals surface area (Å²) < 4.78 is 8.03. The van der Waals surface area contributed by atoms with Gasteiger partial charge < -0.3 is 9.84 Å². The van der Waals surface area contributed by atoms with Crippen molar-refractivity contribution in [1.29, 1.82) is 0 Å². The number of amides is 1. The van der Waals surface area contributed by atoms with E-state index in [1.54, 1.807) is 0 Å². The predicted molar refractivity (Wildman–Crippen MR) is 84.5 cm³/mol. The number of hydrogen-bond donors (Lipinski definition) is 1. The van der Waals surface area contributed by atoms with E-state index < -0.39 is 0 Å². The Kier molecular flexibility index (Phi) is 4.33. The summed E-state index contributed by atoms with van der Waals surface area (Å²) >= 11 is 3.46. The molecule has 1 N–H and O–H groups in total. The molecule has 1 unspecified atom stereocenters. The third-order valence-corrected chi connectivity index (χ3v) is 4.69. The van der Waals surface area contributed by atoms with Gasteiger partial charge in [0.15, 0.2) is 5.69 Å². The van der Waals surface area contributed by atoms with Crippen LogP contribution in [0.1, 0.15) is 47.8 Å². The molecular weight excluding hydrogens is 348 g/mol. The highest BCUT2D eigenvalue weighted by Crippen LogP contribution is 2.27. The minimum atomic E-state index is -0.197. The minimum Gasteiger partial charge on any atom is -0.360 e. The Morgan fingerprint density at radius 2 is 2.41 bits per heavy atom. The Labute approximate surface area is 137 Å². The van der Waals surface area contributed by atoms with Gasteiger partial charge in [0.25, 0.3) is 5.91 Å². The van der Waals surface area contributed by atoms with E-state index in [0.29, 0.717) is 18.2 Å². The van der Waals surface area contributed by atoms with E-state index >= 15 is 0 Å². The van der Waals surface area contributed by atoms with Crippen molar-refractivity contribution >= 4 is 21.8 Å². The van der Waals surface area contributed by atoms with Gasteiger partial charge in [-0.2, -0.15) is 5.10 Å². The number of halogens is 1. The van der Waals surface area contributed by atoms with Gasteiger partial charge in [0.2, 0.25) is 0 Å². The molecule has 1 amide bonds. The molecular formula is C15H19BrN4O2. The largest absolute Gasteiger partial charge is 0.360 e. The normalized spacial score (nSPS) is 17.3. The third-order valence-electron chi connectivity index (χ3n) is 4.03. The zero-order valence-electron chi connectivity index (χ0n) is 12.7. The van der Waals surface area contributed by atoms with Crippen molar-refractivity contribution in [1.82, 2.24) is 20.3 Å². The highest BCUT2D eigenvalue weighted by Gasteiger charge is 2.26. The average Bonchev–Trinajstić information content (AvgIpc) is 3.07. The van der Waals surface area contributed by atoms with Crippen LogP contribution in [0.2, 0.25) is 0 Å². The average molecular weight is 367 g/mol. The van der Waals surface area contributed by atoms with E-state index in [-0.39, 0.29) is 5.91 Å². The second kappa shape index (κ2) is 6.24. The summed E-state index contributed by atoms with van der Waals surface area (Å²) in [7, 11) is 0. The molecule has 0 spiro atoms. The summed E-state index contributed by atoms with van der Waals surface area (Å²) in [6, 6.07) is 0. The standard InChI is InChI=1S/C15H19BrN4O2/c1-3-20-8-11(16)12(18-20)7-17-15(21)14-10-6-9(2)4-5-13(10)22-19-14/h8-9H,3-7H2,1-2H3,(H,17,21). The first-order valence-corrected chi connectivity index (χ1v) is 8.35. The van der Waals surface area contributed by atoms with Crippen molar-refractivity contribution in [2.24, 2.45) is 5.92 Å². The summed E-state index contributed by atoms with van der Waals surface area (Å²) in [6.07, 6.45) is 4.71. The first-order valence-electron chi connectivity index (χ1n) is 7.56. The van der Waals surface area contributed by atoms with Gasteiger partial charge in [-0.25, -0.2) is 0 Å². The number of carbonyl (C=O) groups excluding carboxylic acids is 1. The molecule has 0 saturated carbocycles. The first-order chi connectivity index (χ1) is 10.6. The van der Waals surface area contributed by atoms with Crippen molar-refractivity contribution in [3.63, 3.8) is 0 Å². The van der Waals surface area contributed by atoms with Crippen LogP contribution >= 0.6 is 15.9 Å². The lowest BCUT2D eigenvalue weighted by molar-refractivity contribution is 0.0940. The highest BCUT2D eigenvalue weighted by atomic mass is 79.9. The molecule has 1 aliphatic carbocycles. The Morgan fingerprint density at radius 1 is 1.59 bits per heavy atom. The number of nitrogens with one attached hydrogen (secondary N) is 1. The van der Waals surface area contributed by atoms with Gasteiger partial charge in [-0.1, -0.05) is 12.1 Å². The molecule has 0 saturated heterocycles. The number of fused-ring (bicyclic) bond motifs is 1. The molecule has 0 bridgehead atoms. The van der Waals surface area contributed by atoms with E-state index in [0.717, 1.165) is 47.3 Å². The van der Waals surface area contributed by atoms with Crippen LogP contribution in [-0.4, -0.2) is 20.8 Å². The summed E-state index contributed by atoms with van der Waals surface area (Å²) in [5.74, 6) is 1.23. The molecule has 0 fully saturated rings. The Morgan fingerprint density at radius 3 is 3.14 bits per heavy atom. The van der Waals surface area contributed by atoms with Crippen LogP contribution < -0.4 is 5.32 Å². The molecule has 1 atom stereocenters. The van der Waals surface area contributed by atoms with Crippen molar-refractivity contribution < 1.29 is 9.32 Å². The molecule has 2 aromatic heterocycles. The summed E-state index contributed by atoms with van der Waals surface area (Å²) in [5, 5.41) is 11.2. The summed E-state index contributed by atoms with van der Waals surface area (Å²) in [6.45, 7) is 5.36. The van der Waals surface area contributed by atoms with Gasteiger partial charge in [0, 0.05) is 24.7 Å². The predicted octanol–water partition coefficient (Wildman–Crippen LogP) is 2.71. The van der Waals surface area contributed by atoms with Crippen LogP contribution in [0.25, 0.3) is 0 Å². The number of hydrogen-bond acceptors (Lipinski definition) is 4. The molecule has 2 heterocycles. The number of aryl methyl sites for hydroxylation is 2. The van der Waals surface area contributed by atoms with E-state index in [4.69, 9.17) is 4.52 Å². The van der Waals surface area contributed by atoms with Crippen molar-refractivity contribution in [2.45, 2.75) is 46.2 Å². The molecule has 2 aromatic rings. The lowest BCUT2D eigenvalue weighted by Gasteiger charge is -2.16. The smallest absolute Gasteiger partial charge is 0.274 e. The molecule has 3 rings (SSSR count). The minimum absolute atomic E-state index is 0.197. The van der Waals surface area contributed by atoms with E-state index in [1.165, 1.54) is 0 Å². The van der Waals surface area contributed by atoms with Gasteiger partial charge >= 0.3 is 0 Å². The molecule has 1 aliphatic rings. The number of nitrogens with zero attached hydrogens (tertiary/aromatic N) is 3. The van der Waals surface area contributed by atoms with Crippen LogP contribution in [0.5, 0.6) is 0 Å². The van der Waals surface area contributed by atoms with Gasteiger partial charge in [0.05, 0.1) is 16.7 Å². The molecule has 0 radical (unpaired) electrons. The summed E-state index contributed by atoms with van der Waals surface area (Å²) in [4.78, 5) is 12.4. The Hall–Kier alpha value is -1.63. The number of aromatic nitrogens is 3. The van der Waals surface area contributed by atoms with Gasteiger partial charge in [-0.05, 0) is 41.6 Å². The van der Waals surface area contributed by atoms with Crippen molar-refractivity contribution in [3.8, 4) is 0 Å². The van der Waals surface area contributed by atoms with Crippen LogP contribution in [0.3, 0.4) is 0 Å². The highest BCUT2D eigenvalue weighted by molar-refractivity contribution is 9.10. The maximum atomic E-state index is 12.4. The molecule has 6 nitrogen and oxygen atoms in total. The second-order valence-corrected chi connectivity index (χ2v) is 6.60. The zero-order valence-corrected chi connectivity index (χ0v) is 14.3. The van der Waals surface area contributed by atoms with Crippen molar-refractivity contribution in [2.75, 3.05) is 0 Å². The maximum absolute atomic E-state index is 12.4. The van der Waals surface area contributed by atoms with E-state index in [1.807, 2.05) is 17.8 Å². The van der Waals surface area contributed by atoms with Crippen LogP contribution in [-0.2, 0) is 25.9 Å².